The van der Waals surface area contributed by atoms with E-state index < -0.39 is 0 Å². The zero-order valence-corrected chi connectivity index (χ0v) is 16.2. The number of pyridine rings is 3. The van der Waals surface area contributed by atoms with E-state index in [9.17, 15) is 0 Å². The molecular formula is C23H19N3Ni. The minimum atomic E-state index is 0. The molecule has 0 aliphatic rings. The fourth-order valence-corrected chi connectivity index (χ4v) is 2.42. The van der Waals surface area contributed by atoms with Crippen LogP contribution in [0.4, 0.5) is 0 Å². The monoisotopic (exact) mass is 395 g/mol. The van der Waals surface area contributed by atoms with Crippen LogP contribution in [-0.2, 0) is 16.5 Å². The summed E-state index contributed by atoms with van der Waals surface area (Å²) in [5, 5.41) is 0. The minimum Gasteiger partial charge on any atom is -0.385 e. The van der Waals surface area contributed by atoms with Crippen molar-refractivity contribution in [3.8, 4) is 22.6 Å². The standard InChI is InChI=1S/C16H11N2.C7H8N.Ni/c1-2-7-13(8-3-1)14-10-6-11-16(18-14)15-9-4-5-12-17-15;1-6-4-3-5-7(2)8-6;/h1-7,9-12H;4-5H,1-2H3;/q2*-1;+2. The van der Waals surface area contributed by atoms with Gasteiger partial charge in [0.2, 0.25) is 0 Å². The first-order valence-corrected chi connectivity index (χ1v) is 8.39. The largest absolute Gasteiger partial charge is 2.00 e. The maximum Gasteiger partial charge on any atom is 2.00 e. The zero-order valence-electron chi connectivity index (χ0n) is 15.2. The van der Waals surface area contributed by atoms with Crippen molar-refractivity contribution < 1.29 is 16.5 Å². The van der Waals surface area contributed by atoms with Crippen LogP contribution in [0.1, 0.15) is 11.4 Å². The average Bonchev–Trinajstić information content (AvgIpc) is 2.70. The van der Waals surface area contributed by atoms with Crippen LogP contribution in [0, 0.1) is 26.0 Å². The second kappa shape index (κ2) is 10.3. The molecule has 0 radical (unpaired) electrons. The van der Waals surface area contributed by atoms with Crippen LogP contribution < -0.4 is 0 Å². The van der Waals surface area contributed by atoms with Crippen LogP contribution in [0.5, 0.6) is 0 Å². The van der Waals surface area contributed by atoms with Gasteiger partial charge < -0.3 is 4.98 Å². The summed E-state index contributed by atoms with van der Waals surface area (Å²) in [6.07, 6.45) is 1.78. The third-order valence-corrected chi connectivity index (χ3v) is 3.60. The van der Waals surface area contributed by atoms with Gasteiger partial charge in [-0.15, -0.1) is 35.9 Å². The SMILES string of the molecule is Cc1c[c-]cc(C)n1.[Ni+2].[c-]1ccccc1-c1cccc(-c2ccccn2)n1. The maximum absolute atomic E-state index is 4.62. The molecule has 0 bridgehead atoms. The molecule has 0 saturated carbocycles. The van der Waals surface area contributed by atoms with Crippen molar-refractivity contribution in [1.82, 2.24) is 15.0 Å². The van der Waals surface area contributed by atoms with Crippen LogP contribution in [0.2, 0.25) is 0 Å². The first kappa shape index (κ1) is 20.5. The molecule has 0 N–H and O–H groups in total. The van der Waals surface area contributed by atoms with Gasteiger partial charge in [-0.3, -0.25) is 9.97 Å². The molecule has 4 heteroatoms. The van der Waals surface area contributed by atoms with Crippen LogP contribution in [0.3, 0.4) is 0 Å². The zero-order chi connectivity index (χ0) is 18.2. The molecule has 3 aromatic heterocycles. The minimum absolute atomic E-state index is 0. The molecule has 0 amide bonds. The second-order valence-corrected chi connectivity index (χ2v) is 5.75. The number of aryl methyl sites for hydroxylation is 2. The summed E-state index contributed by atoms with van der Waals surface area (Å²) in [7, 11) is 0. The summed E-state index contributed by atoms with van der Waals surface area (Å²) in [4.78, 5) is 13.1. The van der Waals surface area contributed by atoms with Gasteiger partial charge in [-0.2, -0.15) is 18.2 Å². The van der Waals surface area contributed by atoms with Crippen molar-refractivity contribution in [3.05, 3.63) is 103 Å². The molecule has 27 heavy (non-hydrogen) atoms. The molecule has 0 saturated heterocycles. The summed E-state index contributed by atoms with van der Waals surface area (Å²) in [6.45, 7) is 3.92. The third kappa shape index (κ3) is 6.12. The molecule has 4 rings (SSSR count). The molecular weight excluding hydrogens is 377 g/mol. The fraction of sp³-hybridized carbons (Fsp3) is 0.0870. The smallest absolute Gasteiger partial charge is 0.385 e. The molecule has 0 unspecified atom stereocenters. The number of hydrogen-bond donors (Lipinski definition) is 0. The number of nitrogens with zero attached hydrogens (tertiary/aromatic N) is 3. The number of aromatic nitrogens is 3. The Morgan fingerprint density at radius 1 is 0.704 bits per heavy atom. The number of benzene rings is 1. The summed E-state index contributed by atoms with van der Waals surface area (Å²) < 4.78 is 0. The molecule has 3 heterocycles. The molecule has 1 aromatic carbocycles. The van der Waals surface area contributed by atoms with E-state index in [1.165, 1.54) is 0 Å². The molecule has 3 nitrogen and oxygen atoms in total. The van der Waals surface area contributed by atoms with E-state index in [1.807, 2.05) is 86.6 Å². The van der Waals surface area contributed by atoms with Gasteiger partial charge in [0.05, 0.1) is 11.4 Å². The van der Waals surface area contributed by atoms with Crippen LogP contribution in [-0.4, -0.2) is 15.0 Å². The van der Waals surface area contributed by atoms with Gasteiger partial charge in [0, 0.05) is 6.20 Å². The molecule has 0 fully saturated rings. The van der Waals surface area contributed by atoms with Gasteiger partial charge in [-0.1, -0.05) is 43.4 Å². The Bertz CT molecular complexity index is 885. The number of rotatable bonds is 2. The average molecular weight is 396 g/mol. The van der Waals surface area contributed by atoms with Gasteiger partial charge in [-0.05, 0) is 23.9 Å². The third-order valence-electron chi connectivity index (χ3n) is 3.60. The molecule has 0 atom stereocenters. The first-order chi connectivity index (χ1) is 12.7. The molecule has 0 aliphatic heterocycles. The topological polar surface area (TPSA) is 38.7 Å². The Morgan fingerprint density at radius 2 is 1.41 bits per heavy atom. The second-order valence-electron chi connectivity index (χ2n) is 5.75. The van der Waals surface area contributed by atoms with E-state index in [4.69, 9.17) is 0 Å². The molecule has 0 spiro atoms. The van der Waals surface area contributed by atoms with E-state index in [0.29, 0.717) is 0 Å². The quantitative estimate of drug-likeness (QED) is 0.349. The normalized spacial score (nSPS) is 9.56. The van der Waals surface area contributed by atoms with E-state index >= 15 is 0 Å². The van der Waals surface area contributed by atoms with Crippen molar-refractivity contribution in [2.45, 2.75) is 13.8 Å². The van der Waals surface area contributed by atoms with Crippen LogP contribution >= 0.6 is 0 Å². The first-order valence-electron chi connectivity index (χ1n) is 8.39. The van der Waals surface area contributed by atoms with Crippen molar-refractivity contribution in [1.29, 1.82) is 0 Å². The predicted octanol–water partition coefficient (Wildman–Crippen LogP) is 5.11. The Hall–Kier alpha value is -2.84. The number of hydrogen-bond acceptors (Lipinski definition) is 3. The van der Waals surface area contributed by atoms with Crippen LogP contribution in [0.25, 0.3) is 22.6 Å². The van der Waals surface area contributed by atoms with Crippen molar-refractivity contribution in [2.24, 2.45) is 0 Å². The van der Waals surface area contributed by atoms with E-state index in [0.717, 1.165) is 34.0 Å². The van der Waals surface area contributed by atoms with Crippen molar-refractivity contribution in [2.75, 3.05) is 0 Å². The Morgan fingerprint density at radius 3 is 2.00 bits per heavy atom. The van der Waals surface area contributed by atoms with E-state index in [-0.39, 0.29) is 16.5 Å². The van der Waals surface area contributed by atoms with Gasteiger partial charge in [0.1, 0.15) is 0 Å². The van der Waals surface area contributed by atoms with Crippen molar-refractivity contribution in [3.63, 3.8) is 0 Å². The molecule has 0 aliphatic carbocycles. The summed E-state index contributed by atoms with van der Waals surface area (Å²) in [5.41, 5.74) is 5.74. The Kier molecular flexibility index (Phi) is 7.85. The van der Waals surface area contributed by atoms with Crippen molar-refractivity contribution >= 4 is 0 Å². The van der Waals surface area contributed by atoms with Gasteiger partial charge in [0.25, 0.3) is 0 Å². The van der Waals surface area contributed by atoms with E-state index in [1.54, 1.807) is 6.20 Å². The van der Waals surface area contributed by atoms with Gasteiger partial charge >= 0.3 is 16.5 Å². The predicted molar refractivity (Wildman–Crippen MR) is 104 cm³/mol. The molecule has 136 valence electrons. The van der Waals surface area contributed by atoms with Gasteiger partial charge in [-0.25, -0.2) is 0 Å². The molecule has 4 aromatic rings. The fourth-order valence-electron chi connectivity index (χ4n) is 2.42. The van der Waals surface area contributed by atoms with Gasteiger partial charge in [0.15, 0.2) is 0 Å². The summed E-state index contributed by atoms with van der Waals surface area (Å²) in [6, 6.07) is 29.5. The summed E-state index contributed by atoms with van der Waals surface area (Å²) >= 11 is 0. The summed E-state index contributed by atoms with van der Waals surface area (Å²) in [5.74, 6) is 0. The Balaban J connectivity index is 0.000000247. The Labute approximate surface area is 170 Å². The maximum atomic E-state index is 4.62. The van der Waals surface area contributed by atoms with E-state index in [2.05, 4.69) is 27.1 Å². The van der Waals surface area contributed by atoms with Crippen LogP contribution in [0.15, 0.2) is 79.0 Å².